The van der Waals surface area contributed by atoms with Gasteiger partial charge in [0, 0.05) is 40.4 Å². The van der Waals surface area contributed by atoms with Gasteiger partial charge in [0.25, 0.3) is 0 Å². The molecule has 2 fully saturated rings. The van der Waals surface area contributed by atoms with Crippen LogP contribution in [0.5, 0.6) is 11.5 Å². The Labute approximate surface area is 243 Å². The molecule has 40 heavy (non-hydrogen) atoms. The second kappa shape index (κ2) is 13.7. The summed E-state index contributed by atoms with van der Waals surface area (Å²) >= 11 is 1.96. The van der Waals surface area contributed by atoms with Crippen LogP contribution in [0, 0.1) is 11.3 Å². The van der Waals surface area contributed by atoms with Gasteiger partial charge in [0.1, 0.15) is 11.6 Å². The summed E-state index contributed by atoms with van der Waals surface area (Å²) in [6.45, 7) is 7.24. The number of benzene rings is 1. The zero-order valence-corrected chi connectivity index (χ0v) is 24.6. The van der Waals surface area contributed by atoms with E-state index in [4.69, 9.17) is 14.7 Å². The lowest BCUT2D eigenvalue weighted by atomic mass is 9.84. The lowest BCUT2D eigenvalue weighted by molar-refractivity contribution is 0.141. The first-order chi connectivity index (χ1) is 19.6. The number of aliphatic imine (C=N–C) groups is 1. The van der Waals surface area contributed by atoms with Crippen molar-refractivity contribution >= 4 is 23.4 Å². The minimum absolute atomic E-state index is 0.212. The van der Waals surface area contributed by atoms with E-state index in [2.05, 4.69) is 60.5 Å². The maximum atomic E-state index is 9.42. The number of rotatable bonds is 11. The average molecular weight is 559 g/mol. The SMILES string of the molecule is C/C=C\C=C/C1(C(Sc2cnc(N=C3CCC=C(C)N3)c(Oc3ccccc3)c2)C2CCN(CCO)CC2)CC1. The van der Waals surface area contributed by atoms with Crippen molar-refractivity contribution in [2.45, 2.75) is 62.5 Å². The Morgan fingerprint density at radius 1 is 1.23 bits per heavy atom. The number of nitrogens with one attached hydrogen (secondary N) is 1. The van der Waals surface area contributed by atoms with Crippen LogP contribution < -0.4 is 10.1 Å². The lowest BCUT2D eigenvalue weighted by Crippen LogP contribution is -2.40. The Morgan fingerprint density at radius 3 is 2.73 bits per heavy atom. The predicted octanol–water partition coefficient (Wildman–Crippen LogP) is 7.27. The van der Waals surface area contributed by atoms with E-state index in [1.165, 1.54) is 12.8 Å². The quantitative estimate of drug-likeness (QED) is 0.223. The molecule has 2 N–H and O–H groups in total. The molecule has 1 aromatic heterocycles. The first-order valence-corrected chi connectivity index (χ1v) is 15.5. The molecule has 3 heterocycles. The number of thioether (sulfide) groups is 1. The number of nitrogens with zero attached hydrogens (tertiary/aromatic N) is 3. The monoisotopic (exact) mass is 558 g/mol. The van der Waals surface area contributed by atoms with E-state index in [0.29, 0.717) is 22.7 Å². The molecule has 5 rings (SSSR count). The van der Waals surface area contributed by atoms with Crippen molar-refractivity contribution in [2.75, 3.05) is 26.2 Å². The molecule has 3 aliphatic rings. The van der Waals surface area contributed by atoms with Crippen molar-refractivity contribution < 1.29 is 9.84 Å². The van der Waals surface area contributed by atoms with Gasteiger partial charge in [-0.1, -0.05) is 48.6 Å². The fourth-order valence-electron chi connectivity index (χ4n) is 5.74. The summed E-state index contributed by atoms with van der Waals surface area (Å²) in [5.74, 6) is 3.60. The molecule has 2 aliphatic heterocycles. The van der Waals surface area contributed by atoms with E-state index in [-0.39, 0.29) is 12.0 Å². The molecule has 1 atom stereocenters. The third-order valence-corrected chi connectivity index (χ3v) is 9.66. The molecular weight excluding hydrogens is 516 g/mol. The molecule has 1 saturated heterocycles. The second-order valence-corrected chi connectivity index (χ2v) is 12.3. The molecule has 1 saturated carbocycles. The van der Waals surface area contributed by atoms with Gasteiger partial charge in [0.05, 0.1) is 6.61 Å². The van der Waals surface area contributed by atoms with Crippen LogP contribution in [0.1, 0.15) is 52.4 Å². The Kier molecular flexibility index (Phi) is 9.79. The number of likely N-dealkylation sites (tertiary alicyclic amines) is 1. The van der Waals surface area contributed by atoms with E-state index in [0.717, 1.165) is 67.5 Å². The number of aliphatic hydroxyl groups excluding tert-OH is 1. The van der Waals surface area contributed by atoms with Crippen LogP contribution >= 0.6 is 11.8 Å². The van der Waals surface area contributed by atoms with Crippen molar-refractivity contribution in [3.8, 4) is 11.5 Å². The molecule has 1 unspecified atom stereocenters. The molecule has 212 valence electrons. The minimum Gasteiger partial charge on any atom is -0.453 e. The van der Waals surface area contributed by atoms with Gasteiger partial charge in [-0.3, -0.25) is 0 Å². The van der Waals surface area contributed by atoms with E-state index in [9.17, 15) is 5.11 Å². The van der Waals surface area contributed by atoms with Crippen molar-refractivity contribution in [3.63, 3.8) is 0 Å². The fourth-order valence-corrected chi connectivity index (χ4v) is 7.33. The smallest absolute Gasteiger partial charge is 0.197 e. The van der Waals surface area contributed by atoms with Gasteiger partial charge in [-0.05, 0) is 83.2 Å². The number of pyridine rings is 1. The Hall–Kier alpha value is -2.87. The highest BCUT2D eigenvalue weighted by atomic mass is 32.2. The summed E-state index contributed by atoms with van der Waals surface area (Å²) in [5.41, 5.74) is 1.33. The first kappa shape index (κ1) is 28.7. The molecule has 2 aromatic rings. The molecule has 0 bridgehead atoms. The number of aromatic nitrogens is 1. The minimum atomic E-state index is 0.212. The first-order valence-electron chi connectivity index (χ1n) is 14.6. The normalized spacial score (nSPS) is 21.5. The van der Waals surface area contributed by atoms with E-state index in [1.807, 2.05) is 48.3 Å². The standard InChI is InChI=1S/C33H42N4O2S/c1-3-4-8-16-33(17-18-33)31(26-14-19-37(20-15-26)21-22-38)40-28-23-29(39-27-11-6-5-7-12-27)32(34-24-28)36-30-13-9-10-25(2)35-30/h3-8,10-12,16,23-24,26,31,38H,9,13-15,17-22H2,1-2H3,(H,34,35,36)/b4-3-,16-8-. The topological polar surface area (TPSA) is 70.0 Å². The fraction of sp³-hybridized carbons (Fsp3) is 0.455. The molecule has 0 amide bonds. The van der Waals surface area contributed by atoms with Gasteiger partial charge in [0.2, 0.25) is 0 Å². The van der Waals surface area contributed by atoms with Gasteiger partial charge in [-0.25, -0.2) is 9.98 Å². The molecular formula is C33H42N4O2S. The van der Waals surface area contributed by atoms with E-state index < -0.39 is 0 Å². The summed E-state index contributed by atoms with van der Waals surface area (Å²) in [6, 6.07) is 12.0. The molecule has 0 radical (unpaired) electrons. The van der Waals surface area contributed by atoms with Crippen LogP contribution in [-0.2, 0) is 0 Å². The zero-order chi connectivity index (χ0) is 27.8. The number of ether oxygens (including phenoxy) is 1. The van der Waals surface area contributed by atoms with Crippen LogP contribution in [0.2, 0.25) is 0 Å². The van der Waals surface area contributed by atoms with Gasteiger partial charge in [0.15, 0.2) is 11.6 Å². The van der Waals surface area contributed by atoms with Crippen molar-refractivity contribution in [2.24, 2.45) is 16.3 Å². The number of hydrogen-bond donors (Lipinski definition) is 2. The average Bonchev–Trinajstić information content (AvgIpc) is 3.75. The molecule has 6 nitrogen and oxygen atoms in total. The summed E-state index contributed by atoms with van der Waals surface area (Å²) in [7, 11) is 0. The number of hydrogen-bond acceptors (Lipinski definition) is 6. The largest absolute Gasteiger partial charge is 0.453 e. The lowest BCUT2D eigenvalue weighted by Gasteiger charge is -2.38. The highest BCUT2D eigenvalue weighted by Gasteiger charge is 2.50. The molecule has 1 aliphatic carbocycles. The number of allylic oxidation sites excluding steroid dienone is 6. The van der Waals surface area contributed by atoms with Crippen LogP contribution in [0.15, 0.2) is 88.6 Å². The van der Waals surface area contributed by atoms with Crippen molar-refractivity contribution in [1.82, 2.24) is 15.2 Å². The van der Waals surface area contributed by atoms with Gasteiger partial charge in [-0.2, -0.15) is 0 Å². The number of aliphatic hydroxyl groups is 1. The van der Waals surface area contributed by atoms with Crippen LogP contribution in [0.25, 0.3) is 0 Å². The van der Waals surface area contributed by atoms with Crippen LogP contribution in [-0.4, -0.2) is 52.3 Å². The number of para-hydroxylation sites is 1. The highest BCUT2D eigenvalue weighted by Crippen LogP contribution is 2.59. The van der Waals surface area contributed by atoms with Crippen LogP contribution in [0.4, 0.5) is 5.82 Å². The third-order valence-electron chi connectivity index (χ3n) is 8.06. The maximum absolute atomic E-state index is 9.42. The van der Waals surface area contributed by atoms with Gasteiger partial charge < -0.3 is 20.1 Å². The molecule has 0 spiro atoms. The summed E-state index contributed by atoms with van der Waals surface area (Å²) < 4.78 is 6.39. The van der Waals surface area contributed by atoms with Crippen molar-refractivity contribution in [3.05, 3.63) is 78.7 Å². The number of amidine groups is 1. The summed E-state index contributed by atoms with van der Waals surface area (Å²) in [4.78, 5) is 13.2. The summed E-state index contributed by atoms with van der Waals surface area (Å²) in [6.07, 6.45) is 19.7. The van der Waals surface area contributed by atoms with Gasteiger partial charge >= 0.3 is 0 Å². The highest BCUT2D eigenvalue weighted by molar-refractivity contribution is 8.00. The van der Waals surface area contributed by atoms with E-state index >= 15 is 0 Å². The Balaban J connectivity index is 1.43. The second-order valence-electron chi connectivity index (χ2n) is 11.1. The third kappa shape index (κ3) is 7.45. The summed E-state index contributed by atoms with van der Waals surface area (Å²) in [5, 5.41) is 13.3. The maximum Gasteiger partial charge on any atom is 0.197 e. The van der Waals surface area contributed by atoms with E-state index in [1.54, 1.807) is 0 Å². The number of piperidine rings is 1. The molecule has 1 aromatic carbocycles. The zero-order valence-electron chi connectivity index (χ0n) is 23.8. The Bertz CT molecular complexity index is 1240. The predicted molar refractivity (Wildman–Crippen MR) is 165 cm³/mol. The number of β-amino-alcohol motifs (C(OH)–C–C–N with tert-alkyl or cyclic N) is 1. The van der Waals surface area contributed by atoms with Gasteiger partial charge in [-0.15, -0.1) is 11.8 Å². The Morgan fingerprint density at radius 2 is 2.02 bits per heavy atom. The molecule has 7 heteroatoms. The van der Waals surface area contributed by atoms with Crippen LogP contribution in [0.3, 0.4) is 0 Å². The van der Waals surface area contributed by atoms with Crippen molar-refractivity contribution in [1.29, 1.82) is 0 Å².